The van der Waals surface area contributed by atoms with Gasteiger partial charge in [-0.3, -0.25) is 4.79 Å². The average Bonchev–Trinajstić information content (AvgIpc) is 2.55. The minimum absolute atomic E-state index is 0. The van der Waals surface area contributed by atoms with E-state index < -0.39 is 17.2 Å². The van der Waals surface area contributed by atoms with Gasteiger partial charge in [0.2, 0.25) is 5.43 Å². The van der Waals surface area contributed by atoms with Gasteiger partial charge in [-0.15, -0.1) is 0 Å². The Kier molecular flexibility index (Phi) is 5.97. The van der Waals surface area contributed by atoms with Gasteiger partial charge < -0.3 is 21.3 Å². The Morgan fingerprint density at radius 3 is 2.71 bits per heavy atom. The first-order chi connectivity index (χ1) is 11.0. The van der Waals surface area contributed by atoms with Gasteiger partial charge in [0, 0.05) is 38.9 Å². The molecule has 2 aromatic rings. The fourth-order valence-electron chi connectivity index (χ4n) is 2.77. The van der Waals surface area contributed by atoms with Gasteiger partial charge in [0.25, 0.3) is 0 Å². The Hall–Kier alpha value is -1.48. The summed E-state index contributed by atoms with van der Waals surface area (Å²) in [6.45, 7) is 4.95. The van der Waals surface area contributed by atoms with Crippen LogP contribution in [0.4, 0.5) is 10.2 Å². The van der Waals surface area contributed by atoms with E-state index in [2.05, 4.69) is 10.3 Å². The maximum Gasteiger partial charge on any atom is 1.00 e. The summed E-state index contributed by atoms with van der Waals surface area (Å²) < 4.78 is 16.0. The second-order valence-corrected chi connectivity index (χ2v) is 5.37. The molecule has 7 nitrogen and oxygen atoms in total. The molecule has 0 amide bonds. The fourth-order valence-corrected chi connectivity index (χ4v) is 2.77. The molecule has 3 rings (SSSR count). The quantitative estimate of drug-likeness (QED) is 0.614. The Morgan fingerprint density at radius 1 is 1.46 bits per heavy atom. The smallest absolute Gasteiger partial charge is 1.00 e. The molecule has 124 valence electrons. The summed E-state index contributed by atoms with van der Waals surface area (Å²) in [6.07, 6.45) is 1.26. The molecule has 3 heterocycles. The van der Waals surface area contributed by atoms with E-state index in [1.807, 2.05) is 11.8 Å². The van der Waals surface area contributed by atoms with Crippen molar-refractivity contribution in [2.75, 3.05) is 31.1 Å². The molecule has 1 aliphatic heterocycles. The predicted molar refractivity (Wildman–Crippen MR) is 84.8 cm³/mol. The minimum Gasteiger partial charge on any atom is -1.00 e. The topological polar surface area (TPSA) is 87.5 Å². The number of carboxylic acids is 1. The van der Waals surface area contributed by atoms with Crippen LogP contribution >= 0.6 is 0 Å². The zero-order valence-electron chi connectivity index (χ0n) is 14.7. The maximum absolute atomic E-state index is 14.4. The van der Waals surface area contributed by atoms with Crippen LogP contribution in [-0.4, -0.2) is 46.8 Å². The molecule has 0 atom stereocenters. The first-order valence-electron chi connectivity index (χ1n) is 7.45. The maximum atomic E-state index is 14.4. The molecule has 9 heteroatoms. The fraction of sp³-hybridized carbons (Fsp3) is 0.400. The van der Waals surface area contributed by atoms with Gasteiger partial charge >= 0.3 is 35.5 Å². The zero-order chi connectivity index (χ0) is 16.6. The van der Waals surface area contributed by atoms with E-state index in [4.69, 9.17) is 5.11 Å². The van der Waals surface area contributed by atoms with Gasteiger partial charge in [0.05, 0.1) is 5.39 Å². The number of hydrogen-bond donors (Lipinski definition) is 2. The number of nitrogens with one attached hydrogen (secondary N) is 1. The molecule has 24 heavy (non-hydrogen) atoms. The number of pyridine rings is 2. The molecule has 1 fully saturated rings. The molecule has 1 saturated heterocycles. The normalized spacial score (nSPS) is 14.5. The Balaban J connectivity index is 0.00000156. The molecule has 0 aliphatic carbocycles. The number of aromatic carboxylic acids is 1. The second-order valence-electron chi connectivity index (χ2n) is 5.37. The molecular formula is C15H18FN4NaO3. The number of piperazine rings is 1. The Bertz CT molecular complexity index is 840. The summed E-state index contributed by atoms with van der Waals surface area (Å²) in [7, 11) is 0. The van der Waals surface area contributed by atoms with Crippen molar-refractivity contribution in [1.29, 1.82) is 0 Å². The third-order valence-corrected chi connectivity index (χ3v) is 3.97. The number of anilines is 1. The van der Waals surface area contributed by atoms with Crippen molar-refractivity contribution in [2.24, 2.45) is 0 Å². The third kappa shape index (κ3) is 3.32. The van der Waals surface area contributed by atoms with Crippen LogP contribution in [0.5, 0.6) is 0 Å². The van der Waals surface area contributed by atoms with Crippen molar-refractivity contribution in [1.82, 2.24) is 14.9 Å². The first kappa shape index (κ1) is 18.9. The standard InChI is InChI=1S/C15H17FN4O3.Na.H/c1-2-19-8-10(15(22)23)12(21)9-7-11(16)14(18-13(9)19)20-5-3-17-4-6-20;;/h7-8,17H,2-6H2,1H3,(H,22,23);;/q;+1;-1. The summed E-state index contributed by atoms with van der Waals surface area (Å²) >= 11 is 0. The van der Waals surface area contributed by atoms with Gasteiger partial charge in [-0.05, 0) is 13.0 Å². The molecule has 0 spiro atoms. The number of carboxylic acid groups (broad SMARTS) is 1. The van der Waals surface area contributed by atoms with E-state index in [0.29, 0.717) is 25.3 Å². The summed E-state index contributed by atoms with van der Waals surface area (Å²) in [4.78, 5) is 29.6. The van der Waals surface area contributed by atoms with Crippen LogP contribution in [0, 0.1) is 5.82 Å². The van der Waals surface area contributed by atoms with Crippen molar-refractivity contribution in [3.8, 4) is 0 Å². The molecular weight excluding hydrogens is 326 g/mol. The van der Waals surface area contributed by atoms with Crippen LogP contribution in [0.25, 0.3) is 11.0 Å². The van der Waals surface area contributed by atoms with Crippen molar-refractivity contribution in [3.63, 3.8) is 0 Å². The summed E-state index contributed by atoms with van der Waals surface area (Å²) in [5.41, 5.74) is -0.789. The number of fused-ring (bicyclic) bond motifs is 1. The monoisotopic (exact) mass is 344 g/mol. The molecule has 0 aromatic carbocycles. The van der Waals surface area contributed by atoms with E-state index in [9.17, 15) is 14.0 Å². The average molecular weight is 344 g/mol. The number of rotatable bonds is 3. The predicted octanol–water partition coefficient (Wildman–Crippen LogP) is -2.22. The Labute approximate surface area is 161 Å². The largest absolute Gasteiger partial charge is 1.00 e. The molecule has 0 bridgehead atoms. The molecule has 0 saturated carbocycles. The molecule has 0 radical (unpaired) electrons. The second kappa shape index (κ2) is 7.60. The van der Waals surface area contributed by atoms with Crippen molar-refractivity contribution in [3.05, 3.63) is 33.9 Å². The van der Waals surface area contributed by atoms with Crippen LogP contribution in [0.15, 0.2) is 17.1 Å². The third-order valence-electron chi connectivity index (χ3n) is 3.97. The summed E-state index contributed by atoms with van der Waals surface area (Å²) in [6, 6.07) is 1.10. The van der Waals surface area contributed by atoms with E-state index in [0.717, 1.165) is 19.2 Å². The Morgan fingerprint density at radius 2 is 2.12 bits per heavy atom. The summed E-state index contributed by atoms with van der Waals surface area (Å²) in [5, 5.41) is 12.3. The van der Waals surface area contributed by atoms with Crippen LogP contribution in [0.3, 0.4) is 0 Å². The van der Waals surface area contributed by atoms with Gasteiger partial charge in [0.15, 0.2) is 11.6 Å². The van der Waals surface area contributed by atoms with E-state index in [1.165, 1.54) is 6.20 Å². The number of halogens is 1. The van der Waals surface area contributed by atoms with Gasteiger partial charge in [-0.25, -0.2) is 14.2 Å². The number of aryl methyl sites for hydroxylation is 1. The van der Waals surface area contributed by atoms with Crippen LogP contribution in [0.1, 0.15) is 18.7 Å². The van der Waals surface area contributed by atoms with Crippen molar-refractivity contribution < 1.29 is 45.3 Å². The van der Waals surface area contributed by atoms with Crippen molar-refractivity contribution in [2.45, 2.75) is 13.5 Å². The van der Waals surface area contributed by atoms with Gasteiger partial charge in [0.1, 0.15) is 11.2 Å². The molecule has 1 aliphatic rings. The minimum atomic E-state index is -1.33. The van der Waals surface area contributed by atoms with Crippen LogP contribution in [0.2, 0.25) is 0 Å². The number of aromatic nitrogens is 2. The van der Waals surface area contributed by atoms with Crippen LogP contribution < -0.4 is 45.2 Å². The van der Waals surface area contributed by atoms with E-state index in [1.54, 1.807) is 4.57 Å². The number of nitrogens with zero attached hydrogens (tertiary/aromatic N) is 3. The van der Waals surface area contributed by atoms with Crippen LogP contribution in [-0.2, 0) is 6.54 Å². The molecule has 2 N–H and O–H groups in total. The zero-order valence-corrected chi connectivity index (χ0v) is 15.7. The number of carbonyl (C=O) groups is 1. The van der Waals surface area contributed by atoms with E-state index in [-0.39, 0.29) is 47.8 Å². The molecule has 2 aromatic heterocycles. The van der Waals surface area contributed by atoms with Crippen molar-refractivity contribution >= 4 is 22.8 Å². The molecule has 0 unspecified atom stereocenters. The summed E-state index contributed by atoms with van der Waals surface area (Å²) in [5.74, 6) is -1.74. The number of hydrogen-bond acceptors (Lipinski definition) is 5. The first-order valence-corrected chi connectivity index (χ1v) is 7.45. The van der Waals surface area contributed by atoms with Gasteiger partial charge in [-0.2, -0.15) is 0 Å². The van der Waals surface area contributed by atoms with Gasteiger partial charge in [-0.1, -0.05) is 0 Å². The van der Waals surface area contributed by atoms with E-state index >= 15 is 0 Å². The SMILES string of the molecule is CCn1cc(C(=O)O)c(=O)c2cc(F)c(N3CCNCC3)nc21.[H-].[Na+].